The van der Waals surface area contributed by atoms with Crippen molar-refractivity contribution in [1.82, 2.24) is 0 Å². The minimum absolute atomic E-state index is 0. The van der Waals surface area contributed by atoms with E-state index in [1.165, 1.54) is 12.8 Å². The summed E-state index contributed by atoms with van der Waals surface area (Å²) < 4.78 is 5.29. The van der Waals surface area contributed by atoms with E-state index in [1.54, 1.807) is 22.7 Å². The van der Waals surface area contributed by atoms with Crippen molar-refractivity contribution >= 4 is 28.6 Å². The summed E-state index contributed by atoms with van der Waals surface area (Å²) in [6.07, 6.45) is 12.0. The van der Waals surface area contributed by atoms with Crippen LogP contribution in [-0.2, 0) is 17.4 Å². The van der Waals surface area contributed by atoms with Crippen molar-refractivity contribution in [3.05, 3.63) is 43.2 Å². The second-order valence-electron chi connectivity index (χ2n) is 8.87. The molecule has 0 bridgehead atoms. The van der Waals surface area contributed by atoms with Crippen LogP contribution in [0.2, 0.25) is 0 Å². The number of hydrogen-bond acceptors (Lipinski definition) is 0. The molecule has 2 rings (SSSR count). The topological polar surface area (TPSA) is 0 Å². The number of halogens is 2. The van der Waals surface area contributed by atoms with Gasteiger partial charge in [0.2, 0.25) is 0 Å². The van der Waals surface area contributed by atoms with Gasteiger partial charge in [0.25, 0.3) is 0 Å². The quantitative estimate of drug-likeness (QED) is 0.427. The molecule has 0 saturated carbocycles. The second kappa shape index (κ2) is 8.67. The van der Waals surface area contributed by atoms with Crippen LogP contribution in [0.15, 0.2) is 43.2 Å². The first-order valence-corrected chi connectivity index (χ1v) is 10.9. The molecule has 0 aliphatic heterocycles. The molecule has 0 heterocycles. The third kappa shape index (κ3) is 5.07. The molecule has 24 heavy (non-hydrogen) atoms. The molecule has 0 nitrogen and oxygen atoms in total. The Bertz CT molecular complexity index is 576. The van der Waals surface area contributed by atoms with Crippen LogP contribution in [0.5, 0.6) is 0 Å². The van der Waals surface area contributed by atoms with Gasteiger partial charge in [0, 0.05) is 0 Å². The third-order valence-electron chi connectivity index (χ3n) is 4.58. The minimum Gasteiger partial charge on any atom is -0.147 e. The molecule has 0 radical (unpaired) electrons. The molecule has 0 N–H and O–H groups in total. The van der Waals surface area contributed by atoms with Crippen LogP contribution in [0.25, 0.3) is 0 Å². The molecule has 0 unspecified atom stereocenters. The molecule has 0 aromatic rings. The number of hydrogen-bond donors (Lipinski definition) is 0. The first-order valence-electron chi connectivity index (χ1n) is 8.52. The van der Waals surface area contributed by atoms with Crippen LogP contribution in [0.1, 0.15) is 68.2 Å². The first kappa shape index (κ1) is 24.1. The predicted octanol–water partition coefficient (Wildman–Crippen LogP) is 7.18. The summed E-state index contributed by atoms with van der Waals surface area (Å²) in [6.45, 7) is 19.0. The van der Waals surface area contributed by atoms with E-state index < -0.39 is 17.4 Å². The fraction of sp³-hybridized carbons (Fsp3) is 0.571. The van der Waals surface area contributed by atoms with Gasteiger partial charge in [-0.2, -0.15) is 0 Å². The summed E-state index contributed by atoms with van der Waals surface area (Å²) in [5.74, 6) is 0. The van der Waals surface area contributed by atoms with Crippen LogP contribution >= 0.6 is 24.8 Å². The molecule has 2 aliphatic carbocycles. The monoisotopic (exact) mass is 404 g/mol. The zero-order valence-electron chi connectivity index (χ0n) is 16.5. The average Bonchev–Trinajstić information content (AvgIpc) is 2.95. The van der Waals surface area contributed by atoms with E-state index in [9.17, 15) is 0 Å². The SMILES string of the molecule is C[C](C)=[Ti]([C]1=C(C(C)(C)C)C=CC1)[C]1=C(C(C)(C)C)C=CC1.Cl.Cl. The Labute approximate surface area is 167 Å². The van der Waals surface area contributed by atoms with Crippen molar-refractivity contribution in [2.45, 2.75) is 68.2 Å². The normalized spacial score (nSPS) is 17.2. The van der Waals surface area contributed by atoms with Gasteiger partial charge in [0.15, 0.2) is 0 Å². The van der Waals surface area contributed by atoms with Crippen molar-refractivity contribution in [3.8, 4) is 0 Å². The molecule has 0 spiro atoms. The van der Waals surface area contributed by atoms with Gasteiger partial charge in [-0.05, 0) is 0 Å². The fourth-order valence-electron chi connectivity index (χ4n) is 3.67. The van der Waals surface area contributed by atoms with Gasteiger partial charge < -0.3 is 0 Å². The zero-order valence-corrected chi connectivity index (χ0v) is 19.7. The van der Waals surface area contributed by atoms with Gasteiger partial charge in [-0.15, -0.1) is 24.8 Å². The molecule has 0 fully saturated rings. The Morgan fingerprint density at radius 3 is 1.33 bits per heavy atom. The summed E-state index contributed by atoms with van der Waals surface area (Å²) >= 11 is -1.51. The Balaban J connectivity index is 0.00000264. The molecule has 2 aliphatic rings. The maximum absolute atomic E-state index is 2.41. The Kier molecular flexibility index (Phi) is 8.72. The van der Waals surface area contributed by atoms with E-state index in [0.29, 0.717) is 0 Å². The van der Waals surface area contributed by atoms with Gasteiger partial charge in [-0.25, -0.2) is 0 Å². The van der Waals surface area contributed by atoms with Gasteiger partial charge >= 0.3 is 143 Å². The summed E-state index contributed by atoms with van der Waals surface area (Å²) in [7, 11) is 0. The first-order chi connectivity index (χ1) is 10.0. The molecular weight excluding hydrogens is 371 g/mol. The van der Waals surface area contributed by atoms with Crippen molar-refractivity contribution in [2.75, 3.05) is 0 Å². The summed E-state index contributed by atoms with van der Waals surface area (Å²) in [6, 6.07) is 0. The molecule has 0 amide bonds. The Hall–Kier alpha value is 0.124. The van der Waals surface area contributed by atoms with Gasteiger partial charge in [-0.3, -0.25) is 0 Å². The smallest absolute Gasteiger partial charge is 0.147 e. The van der Waals surface area contributed by atoms with E-state index in [-0.39, 0.29) is 35.6 Å². The molecular formula is C21H34Cl2Ti. The fourth-order valence-corrected chi connectivity index (χ4v) is 9.41. The van der Waals surface area contributed by atoms with Crippen LogP contribution < -0.4 is 0 Å². The van der Waals surface area contributed by atoms with E-state index in [2.05, 4.69) is 79.7 Å². The third-order valence-corrected chi connectivity index (χ3v) is 9.51. The molecule has 136 valence electrons. The average molecular weight is 405 g/mol. The van der Waals surface area contributed by atoms with E-state index in [0.717, 1.165) is 0 Å². The molecule has 0 aromatic heterocycles. The van der Waals surface area contributed by atoms with E-state index in [1.807, 2.05) is 0 Å². The van der Waals surface area contributed by atoms with Crippen LogP contribution in [0.4, 0.5) is 0 Å². The Morgan fingerprint density at radius 1 is 0.750 bits per heavy atom. The standard InChI is InChI=1S/2C9H13.C3H6.2ClH.Ti/c2*1-9(2,3)8-6-4-5-7-8;1-3-2;;;/h2*4,6H,5H2,1-3H3;1-2H3;2*1H;. The molecule has 0 saturated heterocycles. The van der Waals surface area contributed by atoms with Crippen LogP contribution in [0.3, 0.4) is 0 Å². The predicted molar refractivity (Wildman–Crippen MR) is 111 cm³/mol. The number of allylic oxidation sites excluding steroid dienone is 8. The maximum Gasteiger partial charge on any atom is -0.147 e. The molecule has 0 atom stereocenters. The van der Waals surface area contributed by atoms with Crippen molar-refractivity contribution in [2.24, 2.45) is 10.8 Å². The van der Waals surface area contributed by atoms with E-state index in [4.69, 9.17) is 0 Å². The summed E-state index contributed by atoms with van der Waals surface area (Å²) in [4.78, 5) is 0. The zero-order chi connectivity index (χ0) is 16.7. The largest absolute Gasteiger partial charge is 0.147 e. The van der Waals surface area contributed by atoms with Gasteiger partial charge in [-0.1, -0.05) is 0 Å². The van der Waals surface area contributed by atoms with Gasteiger partial charge in [0.05, 0.1) is 0 Å². The van der Waals surface area contributed by atoms with Crippen LogP contribution in [0, 0.1) is 10.8 Å². The van der Waals surface area contributed by atoms with Crippen molar-refractivity contribution in [1.29, 1.82) is 0 Å². The van der Waals surface area contributed by atoms with E-state index >= 15 is 0 Å². The summed E-state index contributed by atoms with van der Waals surface area (Å²) in [5, 5.41) is 0. The molecule has 3 heteroatoms. The van der Waals surface area contributed by atoms with Crippen molar-refractivity contribution in [3.63, 3.8) is 0 Å². The number of rotatable bonds is 2. The maximum atomic E-state index is 2.41. The van der Waals surface area contributed by atoms with Gasteiger partial charge in [0.1, 0.15) is 0 Å². The van der Waals surface area contributed by atoms with Crippen LogP contribution in [-0.4, -0.2) is 3.81 Å². The molecule has 0 aromatic carbocycles. The second-order valence-corrected chi connectivity index (χ2v) is 13.5. The Morgan fingerprint density at radius 2 is 1.08 bits per heavy atom. The van der Waals surface area contributed by atoms with Crippen molar-refractivity contribution < 1.29 is 17.4 Å². The minimum atomic E-state index is -1.51. The summed E-state index contributed by atoms with van der Waals surface area (Å²) in [5.41, 5.74) is 3.78.